The van der Waals surface area contributed by atoms with E-state index in [1.165, 1.54) is 81.0 Å². The van der Waals surface area contributed by atoms with E-state index >= 15 is 0 Å². The fourth-order valence-electron chi connectivity index (χ4n) is 4.92. The summed E-state index contributed by atoms with van der Waals surface area (Å²) in [4.78, 5) is 24.8. The number of esters is 1. The number of benzene rings is 3. The normalized spacial score (nSPS) is 11.0. The lowest BCUT2D eigenvalue weighted by Crippen LogP contribution is -2.10. The van der Waals surface area contributed by atoms with Crippen LogP contribution in [0.4, 0.5) is 0 Å². The zero-order valence-electron chi connectivity index (χ0n) is 24.0. The molecule has 0 bridgehead atoms. The molecule has 0 heterocycles. The van der Waals surface area contributed by atoms with E-state index in [9.17, 15) is 14.7 Å². The van der Waals surface area contributed by atoms with Gasteiger partial charge < -0.3 is 9.84 Å². The largest absolute Gasteiger partial charge is 0.478 e. The Bertz CT molecular complexity index is 1220. The smallest absolute Gasteiger partial charge is 0.343 e. The summed E-state index contributed by atoms with van der Waals surface area (Å²) >= 11 is 6.59. The Morgan fingerprint density at radius 2 is 1.18 bits per heavy atom. The standard InChI is InChI=1S/C35H43ClO4/c1-3-5-7-9-11-13-15-26-16-20-28(21-17-26)32-31(25-24-30(33(32)36)34(37)38)40-35(39)29-22-18-27(19-23-29)14-12-10-8-6-4-2/h16-25H,3-15H2,1-2H3,(H,37,38). The molecule has 0 atom stereocenters. The summed E-state index contributed by atoms with van der Waals surface area (Å²) in [6.45, 7) is 4.43. The molecule has 4 nitrogen and oxygen atoms in total. The van der Waals surface area contributed by atoms with Crippen LogP contribution in [0.1, 0.15) is 116 Å². The minimum atomic E-state index is -1.13. The molecule has 0 aromatic heterocycles. The molecule has 5 heteroatoms. The summed E-state index contributed by atoms with van der Waals surface area (Å²) in [5.41, 5.74) is 3.94. The number of unbranched alkanes of at least 4 members (excludes halogenated alkanes) is 9. The molecule has 0 radical (unpaired) electrons. The summed E-state index contributed by atoms with van der Waals surface area (Å²) in [5.74, 6) is -1.40. The summed E-state index contributed by atoms with van der Waals surface area (Å²) in [6, 6.07) is 18.3. The molecule has 0 aliphatic carbocycles. The van der Waals surface area contributed by atoms with Crippen LogP contribution in [0.15, 0.2) is 60.7 Å². The average Bonchev–Trinajstić information content (AvgIpc) is 2.95. The number of hydrogen-bond acceptors (Lipinski definition) is 3. The number of ether oxygens (including phenoxy) is 1. The number of aryl methyl sites for hydroxylation is 2. The molecular formula is C35H43ClO4. The van der Waals surface area contributed by atoms with Gasteiger partial charge in [-0.25, -0.2) is 9.59 Å². The highest BCUT2D eigenvalue weighted by Gasteiger charge is 2.21. The molecule has 214 valence electrons. The first-order valence-electron chi connectivity index (χ1n) is 14.9. The summed E-state index contributed by atoms with van der Waals surface area (Å²) in [7, 11) is 0. The molecule has 0 saturated carbocycles. The van der Waals surface area contributed by atoms with Crippen LogP contribution >= 0.6 is 11.6 Å². The minimum absolute atomic E-state index is 0.0316. The average molecular weight is 563 g/mol. The quantitative estimate of drug-likeness (QED) is 0.101. The molecule has 3 rings (SSSR count). The van der Waals surface area contributed by atoms with Crippen LogP contribution in [0, 0.1) is 0 Å². The maximum absolute atomic E-state index is 13.1. The third kappa shape index (κ3) is 9.52. The van der Waals surface area contributed by atoms with Gasteiger partial charge in [0.05, 0.1) is 16.1 Å². The van der Waals surface area contributed by atoms with Crippen molar-refractivity contribution >= 4 is 23.5 Å². The number of aromatic carboxylic acids is 1. The highest BCUT2D eigenvalue weighted by atomic mass is 35.5. The van der Waals surface area contributed by atoms with Crippen molar-refractivity contribution in [3.05, 3.63) is 87.9 Å². The van der Waals surface area contributed by atoms with Gasteiger partial charge in [-0.2, -0.15) is 0 Å². The van der Waals surface area contributed by atoms with Crippen LogP contribution < -0.4 is 4.74 Å². The van der Waals surface area contributed by atoms with E-state index < -0.39 is 11.9 Å². The zero-order valence-corrected chi connectivity index (χ0v) is 24.8. The number of rotatable bonds is 17. The van der Waals surface area contributed by atoms with Gasteiger partial charge >= 0.3 is 11.9 Å². The molecule has 0 saturated heterocycles. The Morgan fingerprint density at radius 3 is 1.70 bits per heavy atom. The lowest BCUT2D eigenvalue weighted by atomic mass is 9.98. The second kappa shape index (κ2) is 16.9. The van der Waals surface area contributed by atoms with Gasteiger partial charge in [0.2, 0.25) is 0 Å². The van der Waals surface area contributed by atoms with Crippen molar-refractivity contribution in [3.8, 4) is 16.9 Å². The van der Waals surface area contributed by atoms with Gasteiger partial charge in [0.1, 0.15) is 5.75 Å². The van der Waals surface area contributed by atoms with Gasteiger partial charge in [0.25, 0.3) is 0 Å². The van der Waals surface area contributed by atoms with E-state index in [4.69, 9.17) is 16.3 Å². The van der Waals surface area contributed by atoms with Gasteiger partial charge in [-0.1, -0.05) is 120 Å². The molecule has 1 N–H and O–H groups in total. The van der Waals surface area contributed by atoms with Crippen LogP contribution in [0.25, 0.3) is 11.1 Å². The number of halogens is 1. The Morgan fingerprint density at radius 1 is 0.675 bits per heavy atom. The van der Waals surface area contributed by atoms with Crippen molar-refractivity contribution in [2.24, 2.45) is 0 Å². The van der Waals surface area contributed by atoms with Crippen molar-refractivity contribution in [1.29, 1.82) is 0 Å². The van der Waals surface area contributed by atoms with Crippen LogP contribution in [0.3, 0.4) is 0 Å². The van der Waals surface area contributed by atoms with Crippen LogP contribution in [-0.4, -0.2) is 17.0 Å². The monoisotopic (exact) mass is 562 g/mol. The lowest BCUT2D eigenvalue weighted by molar-refractivity contribution is 0.0696. The van der Waals surface area contributed by atoms with Crippen LogP contribution in [-0.2, 0) is 12.8 Å². The number of carbonyl (C=O) groups is 2. The third-order valence-corrected chi connectivity index (χ3v) is 7.75. The highest BCUT2D eigenvalue weighted by Crippen LogP contribution is 2.39. The molecule has 3 aromatic rings. The fraction of sp³-hybridized carbons (Fsp3) is 0.429. The van der Waals surface area contributed by atoms with E-state index in [0.717, 1.165) is 25.7 Å². The zero-order chi connectivity index (χ0) is 28.7. The van der Waals surface area contributed by atoms with Crippen LogP contribution in [0.5, 0.6) is 5.75 Å². The number of carboxylic acids is 1. The highest BCUT2D eigenvalue weighted by molar-refractivity contribution is 6.36. The third-order valence-electron chi connectivity index (χ3n) is 7.36. The summed E-state index contributed by atoms with van der Waals surface area (Å²) < 4.78 is 5.79. The second-order valence-electron chi connectivity index (χ2n) is 10.6. The predicted molar refractivity (Wildman–Crippen MR) is 165 cm³/mol. The van der Waals surface area contributed by atoms with Gasteiger partial charge in [-0.3, -0.25) is 0 Å². The minimum Gasteiger partial charge on any atom is -0.478 e. The fourth-order valence-corrected chi connectivity index (χ4v) is 5.27. The number of carboxylic acid groups (broad SMARTS) is 1. The van der Waals surface area contributed by atoms with E-state index in [1.54, 1.807) is 12.1 Å². The van der Waals surface area contributed by atoms with Crippen molar-refractivity contribution in [2.45, 2.75) is 97.3 Å². The summed E-state index contributed by atoms with van der Waals surface area (Å²) in [6.07, 6.45) is 15.5. The first kappa shape index (κ1) is 31.4. The Kier molecular flexibility index (Phi) is 13.3. The number of carbonyl (C=O) groups excluding carboxylic acids is 1. The molecule has 0 unspecified atom stereocenters. The van der Waals surface area contributed by atoms with Gasteiger partial charge in [-0.15, -0.1) is 0 Å². The van der Waals surface area contributed by atoms with E-state index in [0.29, 0.717) is 16.7 Å². The second-order valence-corrected chi connectivity index (χ2v) is 10.9. The molecule has 40 heavy (non-hydrogen) atoms. The lowest BCUT2D eigenvalue weighted by Gasteiger charge is -2.15. The first-order chi connectivity index (χ1) is 19.4. The van der Waals surface area contributed by atoms with E-state index in [-0.39, 0.29) is 16.3 Å². The predicted octanol–water partition coefficient (Wildman–Crippen LogP) is 10.3. The van der Waals surface area contributed by atoms with E-state index in [1.807, 2.05) is 36.4 Å². The molecule has 3 aromatic carbocycles. The van der Waals surface area contributed by atoms with Gasteiger partial charge in [-0.05, 0) is 66.6 Å². The Labute approximate surface area is 244 Å². The van der Waals surface area contributed by atoms with Crippen molar-refractivity contribution in [2.75, 3.05) is 0 Å². The Hall–Kier alpha value is -3.11. The van der Waals surface area contributed by atoms with E-state index in [2.05, 4.69) is 13.8 Å². The van der Waals surface area contributed by atoms with Crippen molar-refractivity contribution in [3.63, 3.8) is 0 Å². The molecular weight excluding hydrogens is 520 g/mol. The topological polar surface area (TPSA) is 63.6 Å². The maximum Gasteiger partial charge on any atom is 0.343 e. The van der Waals surface area contributed by atoms with Crippen LogP contribution in [0.2, 0.25) is 5.02 Å². The molecule has 0 aliphatic rings. The number of hydrogen-bond donors (Lipinski definition) is 1. The van der Waals surface area contributed by atoms with Crippen molar-refractivity contribution in [1.82, 2.24) is 0 Å². The molecule has 0 spiro atoms. The SMILES string of the molecule is CCCCCCCCc1ccc(-c2c(OC(=O)c3ccc(CCCCCCC)cc3)ccc(C(=O)O)c2Cl)cc1. The molecule has 0 fully saturated rings. The molecule has 0 aliphatic heterocycles. The first-order valence-corrected chi connectivity index (χ1v) is 15.3. The van der Waals surface area contributed by atoms with Crippen molar-refractivity contribution < 1.29 is 19.4 Å². The summed E-state index contributed by atoms with van der Waals surface area (Å²) in [5, 5.41) is 9.70. The Balaban J connectivity index is 1.72. The van der Waals surface area contributed by atoms with Gasteiger partial charge in [0.15, 0.2) is 0 Å². The maximum atomic E-state index is 13.1. The molecule has 0 amide bonds. The van der Waals surface area contributed by atoms with Gasteiger partial charge in [0, 0.05) is 5.56 Å².